The largest absolute Gasteiger partial charge is 0.453 e. The average molecular weight is 342 g/mol. The number of aromatic nitrogens is 4. The fraction of sp³-hybridized carbons (Fsp3) is 0.214. The Morgan fingerprint density at radius 3 is 2.26 bits per heavy atom. The van der Waals surface area contributed by atoms with Crippen molar-refractivity contribution >= 4 is 17.4 Å². The highest BCUT2D eigenvalue weighted by molar-refractivity contribution is 7.99. The van der Waals surface area contributed by atoms with E-state index in [0.717, 1.165) is 11.8 Å². The number of aryl methyl sites for hydroxylation is 1. The summed E-state index contributed by atoms with van der Waals surface area (Å²) in [6.45, 7) is 3.41. The Hall–Kier alpha value is -2.16. The number of hydrogen-bond donors (Lipinski definition) is 0. The zero-order valence-corrected chi connectivity index (χ0v) is 12.8. The highest BCUT2D eigenvalue weighted by atomic mass is 32.2. The topological polar surface area (TPSA) is 43.1 Å². The predicted molar refractivity (Wildman–Crippen MR) is 75.8 cm³/mol. The summed E-state index contributed by atoms with van der Waals surface area (Å²) in [5.74, 6) is -1.56. The molecule has 0 saturated carbocycles. The maximum Gasteiger partial charge on any atom is 0.453 e. The Bertz CT molecular complexity index is 871. The van der Waals surface area contributed by atoms with Gasteiger partial charge in [-0.3, -0.25) is 0 Å². The van der Waals surface area contributed by atoms with Gasteiger partial charge in [0, 0.05) is 10.5 Å². The minimum Gasteiger partial charge on any atom is -0.207 e. The lowest BCUT2D eigenvalue weighted by Gasteiger charge is -2.10. The van der Waals surface area contributed by atoms with Gasteiger partial charge in [-0.2, -0.15) is 22.8 Å². The fourth-order valence-corrected chi connectivity index (χ4v) is 2.91. The van der Waals surface area contributed by atoms with E-state index in [4.69, 9.17) is 0 Å². The molecule has 0 amide bonds. The van der Waals surface area contributed by atoms with Crippen LogP contribution in [0.3, 0.4) is 0 Å². The summed E-state index contributed by atoms with van der Waals surface area (Å²) in [5, 5.41) is 11.2. The predicted octanol–water partition coefficient (Wildman–Crippen LogP) is 4.05. The lowest BCUT2D eigenvalue weighted by atomic mass is 10.2. The number of halogens is 4. The molecule has 23 heavy (non-hydrogen) atoms. The van der Waals surface area contributed by atoms with Crippen LogP contribution in [-0.2, 0) is 6.18 Å². The minimum atomic E-state index is -4.65. The van der Waals surface area contributed by atoms with E-state index in [1.165, 1.54) is 24.3 Å². The van der Waals surface area contributed by atoms with Crippen molar-refractivity contribution in [2.45, 2.75) is 29.9 Å². The monoisotopic (exact) mass is 342 g/mol. The lowest BCUT2D eigenvalue weighted by molar-refractivity contribution is -0.146. The fourth-order valence-electron chi connectivity index (χ4n) is 1.99. The first kappa shape index (κ1) is 15.7. The first-order chi connectivity index (χ1) is 10.8. The van der Waals surface area contributed by atoms with Crippen molar-refractivity contribution in [3.8, 4) is 0 Å². The van der Waals surface area contributed by atoms with E-state index in [1.54, 1.807) is 13.8 Å². The maximum absolute atomic E-state index is 13.0. The first-order valence-electron chi connectivity index (χ1n) is 6.50. The summed E-state index contributed by atoms with van der Waals surface area (Å²) in [7, 11) is 0. The maximum atomic E-state index is 13.0. The zero-order chi connectivity index (χ0) is 16.8. The number of alkyl halides is 3. The molecule has 0 bridgehead atoms. The second-order valence-corrected chi connectivity index (χ2v) is 5.93. The van der Waals surface area contributed by atoms with E-state index >= 15 is 0 Å². The molecule has 0 atom stereocenters. The molecule has 0 spiro atoms. The van der Waals surface area contributed by atoms with Gasteiger partial charge in [0.05, 0.1) is 0 Å². The van der Waals surface area contributed by atoms with Crippen molar-refractivity contribution in [1.29, 1.82) is 0 Å². The minimum absolute atomic E-state index is 0.0679. The highest BCUT2D eigenvalue weighted by Crippen LogP contribution is 2.33. The van der Waals surface area contributed by atoms with Gasteiger partial charge in [-0.05, 0) is 43.7 Å². The Morgan fingerprint density at radius 1 is 1.00 bits per heavy atom. The van der Waals surface area contributed by atoms with E-state index in [1.807, 2.05) is 0 Å². The van der Waals surface area contributed by atoms with Gasteiger partial charge < -0.3 is 0 Å². The van der Waals surface area contributed by atoms with E-state index in [0.29, 0.717) is 25.6 Å². The zero-order valence-electron chi connectivity index (χ0n) is 12.0. The van der Waals surface area contributed by atoms with Crippen molar-refractivity contribution in [2.24, 2.45) is 0 Å². The van der Waals surface area contributed by atoms with Crippen molar-refractivity contribution in [1.82, 2.24) is 19.8 Å². The van der Waals surface area contributed by atoms with Gasteiger partial charge >= 0.3 is 6.18 Å². The van der Waals surface area contributed by atoms with Crippen molar-refractivity contribution in [3.63, 3.8) is 0 Å². The molecule has 0 saturated heterocycles. The normalized spacial score (nSPS) is 12.1. The molecular formula is C14H10F4N4S. The van der Waals surface area contributed by atoms with Crippen molar-refractivity contribution in [3.05, 3.63) is 47.0 Å². The average Bonchev–Trinajstić information content (AvgIpc) is 2.91. The summed E-state index contributed by atoms with van der Waals surface area (Å²) in [6, 6.07) is 5.64. The van der Waals surface area contributed by atoms with Crippen molar-refractivity contribution < 1.29 is 17.6 Å². The van der Waals surface area contributed by atoms with Gasteiger partial charge in [-0.1, -0.05) is 11.8 Å². The second kappa shape index (κ2) is 5.48. The number of fused-ring (bicyclic) bond motifs is 1. The van der Waals surface area contributed by atoms with Gasteiger partial charge in [0.2, 0.25) is 0 Å². The lowest BCUT2D eigenvalue weighted by Crippen LogP contribution is -2.13. The molecule has 0 radical (unpaired) electrons. The SMILES string of the molecule is Cc1c(Sc2ccc(F)cc2)nn2c(C(F)(F)F)nnc2c1C. The highest BCUT2D eigenvalue weighted by Gasteiger charge is 2.38. The molecule has 2 aromatic heterocycles. The molecule has 2 heterocycles. The number of benzene rings is 1. The van der Waals surface area contributed by atoms with Gasteiger partial charge in [0.25, 0.3) is 5.82 Å². The van der Waals surface area contributed by atoms with Crippen LogP contribution in [0.4, 0.5) is 17.6 Å². The molecule has 1 aromatic carbocycles. The third-order valence-electron chi connectivity index (χ3n) is 3.33. The van der Waals surface area contributed by atoms with E-state index in [-0.39, 0.29) is 11.5 Å². The Balaban J connectivity index is 2.13. The van der Waals surface area contributed by atoms with E-state index < -0.39 is 12.0 Å². The molecule has 0 aliphatic carbocycles. The summed E-state index contributed by atoms with van der Waals surface area (Å²) in [4.78, 5) is 0.669. The third-order valence-corrected chi connectivity index (χ3v) is 4.42. The van der Waals surface area contributed by atoms with Crippen LogP contribution in [0.25, 0.3) is 5.65 Å². The Kier molecular flexibility index (Phi) is 3.75. The molecule has 0 N–H and O–H groups in total. The molecule has 0 unspecified atom stereocenters. The first-order valence-corrected chi connectivity index (χ1v) is 7.32. The molecule has 3 rings (SSSR count). The molecule has 0 aliphatic heterocycles. The number of hydrogen-bond acceptors (Lipinski definition) is 4. The smallest absolute Gasteiger partial charge is 0.207 e. The van der Waals surface area contributed by atoms with Crippen LogP contribution < -0.4 is 0 Å². The quantitative estimate of drug-likeness (QED) is 0.659. The molecule has 3 aromatic rings. The van der Waals surface area contributed by atoms with Gasteiger partial charge in [0.1, 0.15) is 10.8 Å². The molecule has 9 heteroatoms. The molecule has 120 valence electrons. The number of nitrogens with zero attached hydrogens (tertiary/aromatic N) is 4. The van der Waals surface area contributed by atoms with Gasteiger partial charge in [0.15, 0.2) is 5.65 Å². The molecule has 0 aliphatic rings. The van der Waals surface area contributed by atoms with E-state index in [2.05, 4.69) is 15.3 Å². The van der Waals surface area contributed by atoms with Crippen LogP contribution in [0.15, 0.2) is 34.2 Å². The Morgan fingerprint density at radius 2 is 1.65 bits per heavy atom. The third kappa shape index (κ3) is 2.88. The van der Waals surface area contributed by atoms with Crippen LogP contribution in [0.5, 0.6) is 0 Å². The van der Waals surface area contributed by atoms with Crippen LogP contribution in [-0.4, -0.2) is 19.8 Å². The Labute approximate surface area is 132 Å². The van der Waals surface area contributed by atoms with Gasteiger partial charge in [-0.15, -0.1) is 10.2 Å². The number of rotatable bonds is 2. The van der Waals surface area contributed by atoms with Crippen LogP contribution in [0.1, 0.15) is 17.0 Å². The molecule has 0 fully saturated rings. The van der Waals surface area contributed by atoms with E-state index in [9.17, 15) is 17.6 Å². The summed E-state index contributed by atoms with van der Waals surface area (Å²) in [5.41, 5.74) is 1.33. The van der Waals surface area contributed by atoms with Crippen LogP contribution in [0, 0.1) is 19.7 Å². The summed E-state index contributed by atoms with van der Waals surface area (Å²) >= 11 is 1.15. The van der Waals surface area contributed by atoms with Gasteiger partial charge in [-0.25, -0.2) is 4.39 Å². The summed E-state index contributed by atoms with van der Waals surface area (Å²) in [6.07, 6.45) is -4.65. The van der Waals surface area contributed by atoms with Crippen molar-refractivity contribution in [2.75, 3.05) is 0 Å². The van der Waals surface area contributed by atoms with Crippen LogP contribution >= 0.6 is 11.8 Å². The van der Waals surface area contributed by atoms with Crippen LogP contribution in [0.2, 0.25) is 0 Å². The standard InChI is InChI=1S/C14H10F4N4S/c1-7-8(2)12(23-10-5-3-9(15)4-6-10)21-22-11(7)19-20-13(22)14(16,17)18/h3-6H,1-2H3. The summed E-state index contributed by atoms with van der Waals surface area (Å²) < 4.78 is 52.6. The second-order valence-electron chi connectivity index (χ2n) is 4.87. The molecular weight excluding hydrogens is 332 g/mol. The molecule has 4 nitrogen and oxygen atoms in total.